The molecule has 0 atom stereocenters. The normalized spacial score (nSPS) is 10.2. The van der Waals surface area contributed by atoms with Crippen molar-refractivity contribution in [3.63, 3.8) is 0 Å². The Labute approximate surface area is 131 Å². The average Bonchev–Trinajstić information content (AvgIpc) is 2.42. The van der Waals surface area contributed by atoms with Gasteiger partial charge in [-0.25, -0.2) is 14.2 Å². The van der Waals surface area contributed by atoms with Gasteiger partial charge in [0.05, 0.1) is 10.7 Å². The highest BCUT2D eigenvalue weighted by molar-refractivity contribution is 9.10. The minimum atomic E-state index is -1.24. The molecule has 1 amide bonds. The standard InChI is InChI=1S/C13H7BrClFN2O3/c14-7-4-6(16)5-8(15)11(7)18-12(19)9-2-1-3-10(17-9)13(20)21/h1-5H,(H,18,19)(H,20,21). The molecule has 5 nitrogen and oxygen atoms in total. The lowest BCUT2D eigenvalue weighted by molar-refractivity contribution is 0.0690. The summed E-state index contributed by atoms with van der Waals surface area (Å²) < 4.78 is 13.4. The number of benzene rings is 1. The van der Waals surface area contributed by atoms with Crippen molar-refractivity contribution in [2.24, 2.45) is 0 Å². The lowest BCUT2D eigenvalue weighted by atomic mass is 10.2. The van der Waals surface area contributed by atoms with Crippen molar-refractivity contribution in [3.8, 4) is 0 Å². The van der Waals surface area contributed by atoms with E-state index < -0.39 is 17.7 Å². The zero-order chi connectivity index (χ0) is 15.6. The fourth-order valence-corrected chi connectivity index (χ4v) is 2.42. The molecule has 2 aromatic rings. The number of carbonyl (C=O) groups is 2. The van der Waals surface area contributed by atoms with Gasteiger partial charge in [0.15, 0.2) is 0 Å². The molecule has 0 radical (unpaired) electrons. The van der Waals surface area contributed by atoms with Crippen LogP contribution in [0.1, 0.15) is 21.0 Å². The largest absolute Gasteiger partial charge is 0.477 e. The number of carboxylic acid groups (broad SMARTS) is 1. The van der Waals surface area contributed by atoms with Crippen LogP contribution >= 0.6 is 27.5 Å². The van der Waals surface area contributed by atoms with Crippen LogP contribution in [0.4, 0.5) is 10.1 Å². The summed E-state index contributed by atoms with van der Waals surface area (Å²) in [7, 11) is 0. The number of nitrogens with one attached hydrogen (secondary N) is 1. The van der Waals surface area contributed by atoms with Crippen LogP contribution in [-0.4, -0.2) is 22.0 Å². The van der Waals surface area contributed by atoms with Crippen LogP contribution in [0.15, 0.2) is 34.8 Å². The Morgan fingerprint density at radius 2 is 1.95 bits per heavy atom. The van der Waals surface area contributed by atoms with Crippen molar-refractivity contribution in [2.75, 3.05) is 5.32 Å². The summed E-state index contributed by atoms with van der Waals surface area (Å²) in [6.45, 7) is 0. The summed E-state index contributed by atoms with van der Waals surface area (Å²) in [5, 5.41) is 11.3. The zero-order valence-electron chi connectivity index (χ0n) is 10.2. The first-order valence-electron chi connectivity index (χ1n) is 5.54. The van der Waals surface area contributed by atoms with E-state index in [0.29, 0.717) is 0 Å². The average molecular weight is 374 g/mol. The molecule has 0 saturated heterocycles. The van der Waals surface area contributed by atoms with Gasteiger partial charge in [0.1, 0.15) is 17.2 Å². The molecule has 1 aromatic heterocycles. The lowest BCUT2D eigenvalue weighted by Crippen LogP contribution is -2.16. The quantitative estimate of drug-likeness (QED) is 0.862. The predicted octanol–water partition coefficient (Wildman–Crippen LogP) is 3.59. The lowest BCUT2D eigenvalue weighted by Gasteiger charge is -2.09. The second-order valence-corrected chi connectivity index (χ2v) is 5.17. The summed E-state index contributed by atoms with van der Waals surface area (Å²) in [5.41, 5.74) is -0.181. The van der Waals surface area contributed by atoms with E-state index in [2.05, 4.69) is 26.2 Å². The van der Waals surface area contributed by atoms with Crippen LogP contribution in [0.2, 0.25) is 5.02 Å². The molecule has 8 heteroatoms. The van der Waals surface area contributed by atoms with Crippen molar-refractivity contribution in [1.29, 1.82) is 0 Å². The maximum absolute atomic E-state index is 13.1. The van der Waals surface area contributed by atoms with Crippen LogP contribution in [0.5, 0.6) is 0 Å². The molecular weight excluding hydrogens is 367 g/mol. The third-order valence-electron chi connectivity index (χ3n) is 2.45. The first kappa shape index (κ1) is 15.4. The highest BCUT2D eigenvalue weighted by Gasteiger charge is 2.15. The third-order valence-corrected chi connectivity index (χ3v) is 3.37. The molecule has 0 aliphatic heterocycles. The number of rotatable bonds is 3. The Balaban J connectivity index is 2.30. The van der Waals surface area contributed by atoms with E-state index in [1.165, 1.54) is 18.2 Å². The highest BCUT2D eigenvalue weighted by Crippen LogP contribution is 2.31. The maximum atomic E-state index is 13.1. The summed E-state index contributed by atoms with van der Waals surface area (Å²) in [5.74, 6) is -2.46. The number of anilines is 1. The minimum absolute atomic E-state index is 0.00427. The number of aromatic carboxylic acids is 1. The van der Waals surface area contributed by atoms with Gasteiger partial charge in [0.25, 0.3) is 5.91 Å². The molecule has 1 heterocycles. The minimum Gasteiger partial charge on any atom is -0.477 e. The molecule has 0 saturated carbocycles. The molecule has 2 N–H and O–H groups in total. The van der Waals surface area contributed by atoms with Gasteiger partial charge in [-0.1, -0.05) is 17.7 Å². The van der Waals surface area contributed by atoms with Crippen molar-refractivity contribution < 1.29 is 19.1 Å². The summed E-state index contributed by atoms with van der Waals surface area (Å²) in [6.07, 6.45) is 0. The Morgan fingerprint density at radius 3 is 2.57 bits per heavy atom. The van der Waals surface area contributed by atoms with Crippen molar-refractivity contribution in [3.05, 3.63) is 57.0 Å². The van der Waals surface area contributed by atoms with Gasteiger partial charge in [-0.05, 0) is 40.2 Å². The number of halogens is 3. The number of nitrogens with zero attached hydrogens (tertiary/aromatic N) is 1. The Hall–Kier alpha value is -1.99. The number of amides is 1. The summed E-state index contributed by atoms with van der Waals surface area (Å²) in [4.78, 5) is 26.6. The number of hydrogen-bond donors (Lipinski definition) is 2. The van der Waals surface area contributed by atoms with E-state index in [4.69, 9.17) is 16.7 Å². The van der Waals surface area contributed by atoms with Gasteiger partial charge in [-0.2, -0.15) is 0 Å². The number of carboxylic acids is 1. The fourth-order valence-electron chi connectivity index (χ4n) is 1.52. The topological polar surface area (TPSA) is 79.3 Å². The van der Waals surface area contributed by atoms with Gasteiger partial charge >= 0.3 is 5.97 Å². The van der Waals surface area contributed by atoms with Gasteiger partial charge < -0.3 is 10.4 Å². The maximum Gasteiger partial charge on any atom is 0.354 e. The number of carbonyl (C=O) groups excluding carboxylic acids is 1. The molecule has 0 fully saturated rings. The second kappa shape index (κ2) is 6.19. The van der Waals surface area contributed by atoms with Gasteiger partial charge in [-0.15, -0.1) is 0 Å². The number of aromatic nitrogens is 1. The van der Waals surface area contributed by atoms with E-state index in [0.717, 1.165) is 12.1 Å². The van der Waals surface area contributed by atoms with Gasteiger partial charge in [-0.3, -0.25) is 4.79 Å². The van der Waals surface area contributed by atoms with Crippen molar-refractivity contribution in [2.45, 2.75) is 0 Å². The first-order valence-corrected chi connectivity index (χ1v) is 6.72. The molecule has 2 rings (SSSR count). The monoisotopic (exact) mass is 372 g/mol. The number of hydrogen-bond acceptors (Lipinski definition) is 3. The molecular formula is C13H7BrClFN2O3. The Morgan fingerprint density at radius 1 is 1.29 bits per heavy atom. The molecule has 0 spiro atoms. The van der Waals surface area contributed by atoms with Crippen LogP contribution < -0.4 is 5.32 Å². The molecule has 108 valence electrons. The van der Waals surface area contributed by atoms with E-state index in [1.54, 1.807) is 0 Å². The van der Waals surface area contributed by atoms with Crippen molar-refractivity contribution >= 4 is 45.1 Å². The van der Waals surface area contributed by atoms with E-state index in [1.807, 2.05) is 0 Å². The molecule has 21 heavy (non-hydrogen) atoms. The fraction of sp³-hybridized carbons (Fsp3) is 0. The van der Waals surface area contributed by atoms with Crippen LogP contribution in [0.25, 0.3) is 0 Å². The molecule has 0 aliphatic rings. The number of pyridine rings is 1. The SMILES string of the molecule is O=C(O)c1cccc(C(=O)Nc2c(Cl)cc(F)cc2Br)n1. The Kier molecular flexibility index (Phi) is 4.54. The molecule has 0 aliphatic carbocycles. The van der Waals surface area contributed by atoms with Gasteiger partial charge in [0, 0.05) is 4.47 Å². The Bertz CT molecular complexity index is 716. The third kappa shape index (κ3) is 3.56. The zero-order valence-corrected chi connectivity index (χ0v) is 12.6. The summed E-state index contributed by atoms with van der Waals surface area (Å²) >= 11 is 8.93. The summed E-state index contributed by atoms with van der Waals surface area (Å²) in [6, 6.07) is 6.20. The van der Waals surface area contributed by atoms with Gasteiger partial charge in [0.2, 0.25) is 0 Å². The van der Waals surface area contributed by atoms with E-state index in [9.17, 15) is 14.0 Å². The smallest absolute Gasteiger partial charge is 0.354 e. The van der Waals surface area contributed by atoms with Crippen LogP contribution in [-0.2, 0) is 0 Å². The first-order chi connectivity index (χ1) is 9.88. The van der Waals surface area contributed by atoms with E-state index >= 15 is 0 Å². The van der Waals surface area contributed by atoms with E-state index in [-0.39, 0.29) is 26.6 Å². The molecule has 1 aromatic carbocycles. The highest BCUT2D eigenvalue weighted by atomic mass is 79.9. The second-order valence-electron chi connectivity index (χ2n) is 3.91. The van der Waals surface area contributed by atoms with Crippen molar-refractivity contribution in [1.82, 2.24) is 4.98 Å². The molecule has 0 unspecified atom stereocenters. The predicted molar refractivity (Wildman–Crippen MR) is 78.3 cm³/mol. The van der Waals surface area contributed by atoms with Crippen LogP contribution in [0.3, 0.4) is 0 Å². The van der Waals surface area contributed by atoms with Crippen LogP contribution in [0, 0.1) is 5.82 Å². The molecule has 0 bridgehead atoms.